The van der Waals surface area contributed by atoms with Crippen molar-refractivity contribution in [3.63, 3.8) is 0 Å². The Kier molecular flexibility index (Phi) is 2.93. The number of fused-ring (bicyclic) bond motifs is 2. The van der Waals surface area contributed by atoms with Crippen LogP contribution in [0.4, 0.5) is 0 Å². The van der Waals surface area contributed by atoms with Gasteiger partial charge in [0, 0.05) is 17.0 Å². The third-order valence-electron chi connectivity index (χ3n) is 3.53. The largest absolute Gasteiger partial charge is 0.454 e. The van der Waals surface area contributed by atoms with Gasteiger partial charge in [-0.15, -0.1) is 0 Å². The predicted molar refractivity (Wildman–Crippen MR) is 84.0 cm³/mol. The predicted octanol–water partition coefficient (Wildman–Crippen LogP) is 3.69. The molecule has 0 saturated carbocycles. The molecule has 0 fully saturated rings. The van der Waals surface area contributed by atoms with Crippen molar-refractivity contribution < 1.29 is 13.9 Å². The van der Waals surface area contributed by atoms with Crippen molar-refractivity contribution in [2.75, 3.05) is 6.79 Å². The van der Waals surface area contributed by atoms with Gasteiger partial charge in [-0.1, -0.05) is 36.4 Å². The minimum absolute atomic E-state index is 0.261. The van der Waals surface area contributed by atoms with Gasteiger partial charge < -0.3 is 13.9 Å². The number of para-hydroxylation sites is 1. The molecule has 22 heavy (non-hydrogen) atoms. The third-order valence-corrected chi connectivity index (χ3v) is 3.53. The second kappa shape index (κ2) is 5.07. The summed E-state index contributed by atoms with van der Waals surface area (Å²) in [5, 5.41) is 0.896. The molecule has 0 radical (unpaired) electrons. The first-order valence-corrected chi connectivity index (χ1v) is 6.90. The summed E-state index contributed by atoms with van der Waals surface area (Å²) in [7, 11) is 0. The molecule has 3 aromatic rings. The normalized spacial score (nSPS) is 13.1. The fourth-order valence-electron chi connectivity index (χ4n) is 2.45. The van der Waals surface area contributed by atoms with E-state index in [1.54, 1.807) is 6.07 Å². The Balaban J connectivity index is 1.74. The highest BCUT2D eigenvalue weighted by Crippen LogP contribution is 2.33. The molecule has 0 N–H and O–H groups in total. The number of hydrogen-bond acceptors (Lipinski definition) is 4. The Morgan fingerprint density at radius 2 is 1.82 bits per heavy atom. The molecule has 0 aliphatic carbocycles. The molecule has 1 aliphatic heterocycles. The molecular weight excluding hydrogens is 280 g/mol. The van der Waals surface area contributed by atoms with Crippen LogP contribution in [0.15, 0.2) is 57.7 Å². The van der Waals surface area contributed by atoms with Crippen molar-refractivity contribution in [2.45, 2.75) is 0 Å². The van der Waals surface area contributed by atoms with Crippen LogP contribution in [-0.4, -0.2) is 6.79 Å². The molecule has 4 nitrogen and oxygen atoms in total. The molecule has 0 bridgehead atoms. The Labute approximate surface area is 126 Å². The average Bonchev–Trinajstić information content (AvgIpc) is 3.00. The Morgan fingerprint density at radius 1 is 0.909 bits per heavy atom. The van der Waals surface area contributed by atoms with Crippen LogP contribution in [0, 0.1) is 0 Å². The molecule has 1 aromatic heterocycles. The number of ether oxygens (including phenoxy) is 2. The summed E-state index contributed by atoms with van der Waals surface area (Å²) in [5.41, 5.74) is 2.08. The lowest BCUT2D eigenvalue weighted by Gasteiger charge is -2.01. The van der Waals surface area contributed by atoms with Crippen LogP contribution >= 0.6 is 0 Å². The van der Waals surface area contributed by atoms with E-state index in [1.807, 2.05) is 48.6 Å². The van der Waals surface area contributed by atoms with E-state index in [4.69, 9.17) is 13.9 Å². The second-order valence-corrected chi connectivity index (χ2v) is 4.97. The van der Waals surface area contributed by atoms with Gasteiger partial charge in [-0.2, -0.15) is 0 Å². The first kappa shape index (κ1) is 12.7. The highest BCUT2D eigenvalue weighted by molar-refractivity contribution is 5.88. The lowest BCUT2D eigenvalue weighted by Crippen LogP contribution is -1.95. The van der Waals surface area contributed by atoms with Gasteiger partial charge >= 0.3 is 5.63 Å². The van der Waals surface area contributed by atoms with Crippen LogP contribution in [-0.2, 0) is 0 Å². The average molecular weight is 292 g/mol. The maximum atomic E-state index is 11.4. The van der Waals surface area contributed by atoms with E-state index >= 15 is 0 Å². The quantitative estimate of drug-likeness (QED) is 0.534. The first-order chi connectivity index (χ1) is 10.8. The number of benzene rings is 2. The highest BCUT2D eigenvalue weighted by atomic mass is 16.7. The Bertz CT molecular complexity index is 937. The molecule has 0 spiro atoms. The summed E-state index contributed by atoms with van der Waals surface area (Å²) >= 11 is 0. The third kappa shape index (κ3) is 2.24. The highest BCUT2D eigenvalue weighted by Gasteiger charge is 2.12. The van der Waals surface area contributed by atoms with Crippen LogP contribution in [0.1, 0.15) is 11.1 Å². The van der Waals surface area contributed by atoms with Gasteiger partial charge in [0.2, 0.25) is 6.79 Å². The van der Waals surface area contributed by atoms with E-state index in [1.165, 1.54) is 6.07 Å². The van der Waals surface area contributed by atoms with E-state index in [2.05, 4.69) is 0 Å². The molecule has 1 aliphatic rings. The SMILES string of the molecule is O=c1ccc2cccc(/C=C/c3ccc4c(c3)OCO4)c2o1. The molecular formula is C18H12O4. The van der Waals surface area contributed by atoms with Gasteiger partial charge in [-0.25, -0.2) is 4.79 Å². The van der Waals surface area contributed by atoms with Gasteiger partial charge in [-0.3, -0.25) is 0 Å². The fourth-order valence-corrected chi connectivity index (χ4v) is 2.45. The van der Waals surface area contributed by atoms with Crippen molar-refractivity contribution in [2.24, 2.45) is 0 Å². The van der Waals surface area contributed by atoms with Crippen LogP contribution in [0.5, 0.6) is 11.5 Å². The van der Waals surface area contributed by atoms with Crippen LogP contribution in [0.3, 0.4) is 0 Å². The van der Waals surface area contributed by atoms with Gasteiger partial charge in [-0.05, 0) is 23.8 Å². The fraction of sp³-hybridized carbons (Fsp3) is 0.0556. The molecule has 0 saturated heterocycles. The maximum absolute atomic E-state index is 11.4. The van der Waals surface area contributed by atoms with E-state index in [9.17, 15) is 4.79 Å². The minimum atomic E-state index is -0.351. The van der Waals surface area contributed by atoms with Crippen molar-refractivity contribution in [3.05, 3.63) is 70.1 Å². The molecule has 4 heteroatoms. The van der Waals surface area contributed by atoms with E-state index in [0.29, 0.717) is 5.58 Å². The molecule has 4 rings (SSSR count). The van der Waals surface area contributed by atoms with Crippen LogP contribution in [0.25, 0.3) is 23.1 Å². The summed E-state index contributed by atoms with van der Waals surface area (Å²) in [4.78, 5) is 11.4. The van der Waals surface area contributed by atoms with E-state index in [-0.39, 0.29) is 12.4 Å². The second-order valence-electron chi connectivity index (χ2n) is 4.97. The van der Waals surface area contributed by atoms with Gasteiger partial charge in [0.05, 0.1) is 0 Å². The first-order valence-electron chi connectivity index (χ1n) is 6.90. The summed E-state index contributed by atoms with van der Waals surface area (Å²) in [6, 6.07) is 14.7. The molecule has 0 atom stereocenters. The molecule has 2 aromatic carbocycles. The number of rotatable bonds is 2. The maximum Gasteiger partial charge on any atom is 0.336 e. The monoisotopic (exact) mass is 292 g/mol. The van der Waals surface area contributed by atoms with Crippen molar-refractivity contribution in [1.82, 2.24) is 0 Å². The van der Waals surface area contributed by atoms with Crippen molar-refractivity contribution in [1.29, 1.82) is 0 Å². The van der Waals surface area contributed by atoms with E-state index < -0.39 is 0 Å². The van der Waals surface area contributed by atoms with Crippen molar-refractivity contribution >= 4 is 23.1 Å². The molecule has 2 heterocycles. The van der Waals surface area contributed by atoms with Crippen molar-refractivity contribution in [3.8, 4) is 11.5 Å². The summed E-state index contributed by atoms with van der Waals surface area (Å²) in [5.74, 6) is 1.50. The number of hydrogen-bond donors (Lipinski definition) is 0. The standard InChI is InChI=1S/C18H12O4/c19-17-9-7-14-3-1-2-13(18(14)22-17)6-4-12-5-8-15-16(10-12)21-11-20-15/h1-10H,11H2/b6-4+. The zero-order valence-corrected chi connectivity index (χ0v) is 11.6. The Morgan fingerprint density at radius 3 is 2.77 bits per heavy atom. The van der Waals surface area contributed by atoms with E-state index in [0.717, 1.165) is 28.0 Å². The molecule has 0 amide bonds. The lowest BCUT2D eigenvalue weighted by molar-refractivity contribution is 0.174. The molecule has 108 valence electrons. The zero-order valence-electron chi connectivity index (χ0n) is 11.6. The summed E-state index contributed by atoms with van der Waals surface area (Å²) in [6.07, 6.45) is 3.87. The lowest BCUT2D eigenvalue weighted by atomic mass is 10.1. The van der Waals surface area contributed by atoms with Gasteiger partial charge in [0.15, 0.2) is 11.5 Å². The summed E-state index contributed by atoms with van der Waals surface area (Å²) in [6.45, 7) is 0.261. The van der Waals surface area contributed by atoms with Crippen LogP contribution < -0.4 is 15.1 Å². The molecule has 0 unspecified atom stereocenters. The van der Waals surface area contributed by atoms with Gasteiger partial charge in [0.25, 0.3) is 0 Å². The minimum Gasteiger partial charge on any atom is -0.454 e. The topological polar surface area (TPSA) is 48.7 Å². The summed E-state index contributed by atoms with van der Waals surface area (Å²) < 4.78 is 16.0. The Hall–Kier alpha value is -3.01. The zero-order chi connectivity index (χ0) is 14.9. The van der Waals surface area contributed by atoms with Crippen LogP contribution in [0.2, 0.25) is 0 Å². The smallest absolute Gasteiger partial charge is 0.336 e. The van der Waals surface area contributed by atoms with Gasteiger partial charge in [0.1, 0.15) is 5.58 Å².